The van der Waals surface area contributed by atoms with E-state index in [9.17, 15) is 9.18 Å². The summed E-state index contributed by atoms with van der Waals surface area (Å²) in [6.45, 7) is 0.227. The number of aromatic nitrogens is 4. The summed E-state index contributed by atoms with van der Waals surface area (Å²) in [5.74, 6) is -0.132. The van der Waals surface area contributed by atoms with E-state index in [1.54, 1.807) is 48.8 Å². The molecule has 3 aromatic heterocycles. The van der Waals surface area contributed by atoms with E-state index in [-0.39, 0.29) is 18.1 Å². The molecule has 0 aliphatic carbocycles. The third-order valence-electron chi connectivity index (χ3n) is 3.91. The first-order valence-electron chi connectivity index (χ1n) is 8.15. The highest BCUT2D eigenvalue weighted by atomic mass is 19.1. The van der Waals surface area contributed by atoms with Crippen molar-refractivity contribution < 1.29 is 13.6 Å². The highest BCUT2D eigenvalue weighted by molar-refractivity contribution is 5.98. The van der Waals surface area contributed by atoms with Gasteiger partial charge in [-0.15, -0.1) is 5.10 Å². The van der Waals surface area contributed by atoms with Crippen LogP contribution < -0.4 is 5.32 Å². The fourth-order valence-corrected chi connectivity index (χ4v) is 2.63. The van der Waals surface area contributed by atoms with Crippen molar-refractivity contribution >= 4 is 5.91 Å². The van der Waals surface area contributed by atoms with Gasteiger partial charge in [-0.25, -0.2) is 9.07 Å². The molecule has 3 heterocycles. The Morgan fingerprint density at radius 2 is 1.89 bits per heavy atom. The molecule has 0 atom stereocenters. The van der Waals surface area contributed by atoms with Gasteiger partial charge in [0.05, 0.1) is 18.5 Å². The summed E-state index contributed by atoms with van der Waals surface area (Å²) in [6, 6.07) is 12.8. The number of halogens is 1. The summed E-state index contributed by atoms with van der Waals surface area (Å²) in [7, 11) is 0. The van der Waals surface area contributed by atoms with Gasteiger partial charge in [0.25, 0.3) is 5.91 Å². The monoisotopic (exact) mass is 363 g/mol. The maximum absolute atomic E-state index is 13.3. The van der Waals surface area contributed by atoms with Gasteiger partial charge in [-0.3, -0.25) is 9.78 Å². The molecule has 27 heavy (non-hydrogen) atoms. The smallest absolute Gasteiger partial charge is 0.274 e. The van der Waals surface area contributed by atoms with Crippen molar-refractivity contribution in [2.75, 3.05) is 0 Å². The van der Waals surface area contributed by atoms with Crippen LogP contribution in [0.5, 0.6) is 0 Å². The summed E-state index contributed by atoms with van der Waals surface area (Å²) >= 11 is 0. The molecule has 7 nitrogen and oxygen atoms in total. The lowest BCUT2D eigenvalue weighted by Crippen LogP contribution is -2.23. The molecule has 0 aliphatic rings. The molecule has 1 amide bonds. The molecule has 1 N–H and O–H groups in total. The van der Waals surface area contributed by atoms with Gasteiger partial charge >= 0.3 is 0 Å². The summed E-state index contributed by atoms with van der Waals surface area (Å²) in [6.07, 6.45) is 4.76. The van der Waals surface area contributed by atoms with Gasteiger partial charge in [-0.1, -0.05) is 5.21 Å². The molecule has 4 aromatic rings. The van der Waals surface area contributed by atoms with Gasteiger partial charge in [-0.05, 0) is 48.5 Å². The van der Waals surface area contributed by atoms with E-state index in [4.69, 9.17) is 4.42 Å². The van der Waals surface area contributed by atoms with E-state index in [0.29, 0.717) is 22.7 Å². The van der Waals surface area contributed by atoms with Crippen LogP contribution in [-0.4, -0.2) is 25.9 Å². The Balaban J connectivity index is 1.73. The van der Waals surface area contributed by atoms with Crippen LogP contribution in [0.1, 0.15) is 16.2 Å². The lowest BCUT2D eigenvalue weighted by atomic mass is 10.1. The Morgan fingerprint density at radius 3 is 2.59 bits per heavy atom. The predicted molar refractivity (Wildman–Crippen MR) is 94.4 cm³/mol. The number of hydrogen-bond acceptors (Lipinski definition) is 5. The number of benzene rings is 1. The fraction of sp³-hybridized carbons (Fsp3) is 0.0526. The second-order valence-corrected chi connectivity index (χ2v) is 5.67. The van der Waals surface area contributed by atoms with Crippen molar-refractivity contribution in [2.24, 2.45) is 0 Å². The van der Waals surface area contributed by atoms with E-state index < -0.39 is 5.91 Å². The number of pyridine rings is 1. The molecule has 0 saturated heterocycles. The van der Waals surface area contributed by atoms with Crippen LogP contribution >= 0.6 is 0 Å². The van der Waals surface area contributed by atoms with Crippen LogP contribution in [0.15, 0.2) is 71.6 Å². The van der Waals surface area contributed by atoms with Gasteiger partial charge in [0, 0.05) is 18.0 Å². The predicted octanol–water partition coefficient (Wildman–Crippen LogP) is 2.99. The number of hydrogen-bond donors (Lipinski definition) is 1. The van der Waals surface area contributed by atoms with E-state index >= 15 is 0 Å². The van der Waals surface area contributed by atoms with E-state index in [0.717, 1.165) is 0 Å². The first-order valence-corrected chi connectivity index (χ1v) is 8.15. The summed E-state index contributed by atoms with van der Waals surface area (Å²) in [5.41, 5.74) is 1.93. The Labute approximate surface area is 153 Å². The Kier molecular flexibility index (Phi) is 4.44. The molecule has 0 radical (unpaired) electrons. The van der Waals surface area contributed by atoms with E-state index in [2.05, 4.69) is 20.6 Å². The fourth-order valence-electron chi connectivity index (χ4n) is 2.63. The number of carbonyl (C=O) groups is 1. The van der Waals surface area contributed by atoms with Crippen molar-refractivity contribution in [1.29, 1.82) is 0 Å². The van der Waals surface area contributed by atoms with Crippen LogP contribution in [-0.2, 0) is 6.54 Å². The Bertz CT molecular complexity index is 1040. The van der Waals surface area contributed by atoms with Gasteiger partial charge in [-0.2, -0.15) is 0 Å². The Hall–Kier alpha value is -3.81. The van der Waals surface area contributed by atoms with Crippen molar-refractivity contribution in [1.82, 2.24) is 25.3 Å². The highest BCUT2D eigenvalue weighted by Gasteiger charge is 2.22. The summed E-state index contributed by atoms with van der Waals surface area (Å²) < 4.78 is 20.0. The molecule has 0 aliphatic heterocycles. The number of nitrogens with zero attached hydrogens (tertiary/aromatic N) is 4. The minimum absolute atomic E-state index is 0.150. The number of amides is 1. The topological polar surface area (TPSA) is 85.8 Å². The third-order valence-corrected chi connectivity index (χ3v) is 3.91. The SMILES string of the molecule is O=C(NCc1ccco1)c1nnn(-c2ccc(F)cc2)c1-c1ccncc1. The minimum atomic E-state index is -0.397. The second kappa shape index (κ2) is 7.20. The number of rotatable bonds is 5. The maximum Gasteiger partial charge on any atom is 0.274 e. The molecule has 0 bridgehead atoms. The van der Waals surface area contributed by atoms with Crippen LogP contribution in [0.3, 0.4) is 0 Å². The van der Waals surface area contributed by atoms with Crippen LogP contribution in [0.25, 0.3) is 16.9 Å². The quantitative estimate of drug-likeness (QED) is 0.589. The van der Waals surface area contributed by atoms with Gasteiger partial charge in [0.15, 0.2) is 5.69 Å². The third kappa shape index (κ3) is 3.45. The summed E-state index contributed by atoms with van der Waals surface area (Å²) in [5, 5.41) is 10.9. The molecular formula is C19H14FN5O2. The Morgan fingerprint density at radius 1 is 1.11 bits per heavy atom. The number of nitrogens with one attached hydrogen (secondary N) is 1. The average molecular weight is 363 g/mol. The average Bonchev–Trinajstić information content (AvgIpc) is 3.37. The van der Waals surface area contributed by atoms with Crippen molar-refractivity contribution in [2.45, 2.75) is 6.54 Å². The largest absolute Gasteiger partial charge is 0.467 e. The zero-order chi connectivity index (χ0) is 18.6. The molecule has 134 valence electrons. The zero-order valence-corrected chi connectivity index (χ0v) is 14.0. The molecule has 8 heteroatoms. The number of furan rings is 1. The lowest BCUT2D eigenvalue weighted by molar-refractivity contribution is 0.0943. The molecule has 0 saturated carbocycles. The highest BCUT2D eigenvalue weighted by Crippen LogP contribution is 2.25. The van der Waals surface area contributed by atoms with Crippen LogP contribution in [0, 0.1) is 5.82 Å². The molecule has 0 spiro atoms. The van der Waals surface area contributed by atoms with Crippen LogP contribution in [0.2, 0.25) is 0 Å². The van der Waals surface area contributed by atoms with E-state index in [1.165, 1.54) is 23.1 Å². The molecule has 1 aromatic carbocycles. The lowest BCUT2D eigenvalue weighted by Gasteiger charge is -2.08. The van der Waals surface area contributed by atoms with E-state index in [1.807, 2.05) is 0 Å². The molecule has 4 rings (SSSR count). The van der Waals surface area contributed by atoms with Crippen molar-refractivity contribution in [3.8, 4) is 16.9 Å². The van der Waals surface area contributed by atoms with Gasteiger partial charge in [0.1, 0.15) is 17.3 Å². The zero-order valence-electron chi connectivity index (χ0n) is 14.0. The molecule has 0 fully saturated rings. The van der Waals surface area contributed by atoms with Gasteiger partial charge in [0.2, 0.25) is 0 Å². The summed E-state index contributed by atoms with van der Waals surface area (Å²) in [4.78, 5) is 16.7. The minimum Gasteiger partial charge on any atom is -0.467 e. The number of carbonyl (C=O) groups excluding carboxylic acids is 1. The first-order chi connectivity index (χ1) is 13.2. The van der Waals surface area contributed by atoms with Crippen LogP contribution in [0.4, 0.5) is 4.39 Å². The maximum atomic E-state index is 13.3. The van der Waals surface area contributed by atoms with Gasteiger partial charge < -0.3 is 9.73 Å². The molecule has 0 unspecified atom stereocenters. The first kappa shape index (κ1) is 16.6. The standard InChI is InChI=1S/C19H14FN5O2/c20-14-3-5-15(6-4-14)25-18(13-7-9-21-10-8-13)17(23-24-25)19(26)22-12-16-2-1-11-27-16/h1-11H,12H2,(H,22,26). The van der Waals surface area contributed by atoms with Crippen molar-refractivity contribution in [3.63, 3.8) is 0 Å². The van der Waals surface area contributed by atoms with Crippen molar-refractivity contribution in [3.05, 3.63) is 84.5 Å². The normalized spacial score (nSPS) is 10.7. The molecular weight excluding hydrogens is 349 g/mol. The second-order valence-electron chi connectivity index (χ2n) is 5.67.